The fourth-order valence-corrected chi connectivity index (χ4v) is 5.17. The van der Waals surface area contributed by atoms with Crippen LogP contribution < -0.4 is 5.32 Å². The molecule has 2 aromatic carbocycles. The van der Waals surface area contributed by atoms with Gasteiger partial charge in [0.05, 0.1) is 23.1 Å². The summed E-state index contributed by atoms with van der Waals surface area (Å²) in [6.45, 7) is 1.91. The van der Waals surface area contributed by atoms with E-state index in [1.807, 2.05) is 30.3 Å². The van der Waals surface area contributed by atoms with Crippen molar-refractivity contribution >= 4 is 15.9 Å². The van der Waals surface area contributed by atoms with Crippen LogP contribution in [0.3, 0.4) is 0 Å². The number of amides is 1. The van der Waals surface area contributed by atoms with Crippen LogP contribution in [-0.4, -0.2) is 52.0 Å². The zero-order chi connectivity index (χ0) is 22.3. The van der Waals surface area contributed by atoms with E-state index < -0.39 is 10.0 Å². The van der Waals surface area contributed by atoms with E-state index in [1.54, 1.807) is 7.11 Å². The molecule has 31 heavy (non-hydrogen) atoms. The number of rotatable bonds is 8. The van der Waals surface area contributed by atoms with E-state index in [4.69, 9.17) is 10.00 Å². The van der Waals surface area contributed by atoms with Gasteiger partial charge < -0.3 is 10.1 Å². The number of ether oxygens (including phenoxy) is 1. The lowest BCUT2D eigenvalue weighted by molar-refractivity contribution is 0.0937. The lowest BCUT2D eigenvalue weighted by Gasteiger charge is -2.31. The van der Waals surface area contributed by atoms with E-state index in [9.17, 15) is 13.2 Å². The van der Waals surface area contributed by atoms with Gasteiger partial charge in [-0.15, -0.1) is 0 Å². The molecule has 2 aromatic rings. The largest absolute Gasteiger partial charge is 0.383 e. The molecule has 1 heterocycles. The highest BCUT2D eigenvalue weighted by Crippen LogP contribution is 2.26. The van der Waals surface area contributed by atoms with Crippen LogP contribution in [0.1, 0.15) is 34.3 Å². The fourth-order valence-electron chi connectivity index (χ4n) is 3.70. The van der Waals surface area contributed by atoms with Crippen molar-refractivity contribution in [3.05, 3.63) is 65.2 Å². The van der Waals surface area contributed by atoms with Gasteiger partial charge in [-0.1, -0.05) is 12.1 Å². The van der Waals surface area contributed by atoms with Crippen LogP contribution in [-0.2, 0) is 21.2 Å². The second-order valence-electron chi connectivity index (χ2n) is 7.63. The van der Waals surface area contributed by atoms with E-state index in [1.165, 1.54) is 28.6 Å². The third kappa shape index (κ3) is 5.91. The van der Waals surface area contributed by atoms with Crippen molar-refractivity contribution in [2.24, 2.45) is 5.92 Å². The summed E-state index contributed by atoms with van der Waals surface area (Å²) in [7, 11) is -1.95. The summed E-state index contributed by atoms with van der Waals surface area (Å²) in [5.41, 5.74) is 2.20. The summed E-state index contributed by atoms with van der Waals surface area (Å²) in [4.78, 5) is 12.3. The minimum Gasteiger partial charge on any atom is -0.383 e. The molecule has 0 bridgehead atoms. The molecule has 3 rings (SSSR count). The molecule has 1 saturated heterocycles. The maximum atomic E-state index is 12.8. The molecule has 1 fully saturated rings. The Labute approximate surface area is 183 Å². The first-order valence-corrected chi connectivity index (χ1v) is 11.7. The molecular formula is C23H27N3O4S. The molecule has 0 saturated carbocycles. The fraction of sp³-hybridized carbons (Fsp3) is 0.391. The van der Waals surface area contributed by atoms with Crippen molar-refractivity contribution in [1.29, 1.82) is 5.26 Å². The van der Waals surface area contributed by atoms with Crippen molar-refractivity contribution < 1.29 is 17.9 Å². The Balaban J connectivity index is 1.52. The number of benzene rings is 2. The summed E-state index contributed by atoms with van der Waals surface area (Å²) >= 11 is 0. The highest BCUT2D eigenvalue weighted by atomic mass is 32.2. The van der Waals surface area contributed by atoms with Crippen LogP contribution in [0, 0.1) is 17.2 Å². The molecule has 1 amide bonds. The standard InChI is InChI=1S/C23H27N3O4S/c1-30-15-12-25-23(27)21-6-2-18(3-7-21)16-19-10-13-26(14-11-19)31(28,29)22-8-4-20(17-24)5-9-22/h2-9,19H,10-16H2,1H3,(H,25,27). The SMILES string of the molecule is COCCNC(=O)c1ccc(CC2CCN(S(=O)(=O)c3ccc(C#N)cc3)CC2)cc1. The normalized spacial score (nSPS) is 15.4. The summed E-state index contributed by atoms with van der Waals surface area (Å²) in [5, 5.41) is 11.7. The van der Waals surface area contributed by atoms with Crippen molar-refractivity contribution in [3.63, 3.8) is 0 Å². The number of piperidine rings is 1. The number of carbonyl (C=O) groups excluding carboxylic acids is 1. The second-order valence-corrected chi connectivity index (χ2v) is 9.57. The lowest BCUT2D eigenvalue weighted by Crippen LogP contribution is -2.38. The molecule has 0 spiro atoms. The van der Waals surface area contributed by atoms with Crippen LogP contribution in [0.5, 0.6) is 0 Å². The number of nitrogens with one attached hydrogen (secondary N) is 1. The average Bonchev–Trinajstić information content (AvgIpc) is 2.80. The quantitative estimate of drug-likeness (QED) is 0.635. The molecule has 0 unspecified atom stereocenters. The molecule has 0 atom stereocenters. The second kappa shape index (κ2) is 10.5. The predicted molar refractivity (Wildman–Crippen MR) is 117 cm³/mol. The molecule has 0 radical (unpaired) electrons. The lowest BCUT2D eigenvalue weighted by atomic mass is 9.91. The average molecular weight is 442 g/mol. The van der Waals surface area contributed by atoms with Crippen LogP contribution >= 0.6 is 0 Å². The van der Waals surface area contributed by atoms with Gasteiger partial charge in [0.2, 0.25) is 10.0 Å². The zero-order valence-corrected chi connectivity index (χ0v) is 18.4. The topological polar surface area (TPSA) is 99.5 Å². The van der Waals surface area contributed by atoms with E-state index in [2.05, 4.69) is 5.32 Å². The Kier molecular flexibility index (Phi) is 7.80. The Hall–Kier alpha value is -2.73. The van der Waals surface area contributed by atoms with Crippen LogP contribution in [0.2, 0.25) is 0 Å². The van der Waals surface area contributed by atoms with Gasteiger partial charge in [0.15, 0.2) is 0 Å². The van der Waals surface area contributed by atoms with Crippen molar-refractivity contribution in [1.82, 2.24) is 9.62 Å². The number of sulfonamides is 1. The van der Waals surface area contributed by atoms with Crippen molar-refractivity contribution in [2.75, 3.05) is 33.4 Å². The number of carbonyl (C=O) groups is 1. The van der Waals surface area contributed by atoms with E-state index in [0.717, 1.165) is 24.8 Å². The zero-order valence-electron chi connectivity index (χ0n) is 17.6. The molecule has 8 heteroatoms. The Bertz CT molecular complexity index is 1020. The van der Waals surface area contributed by atoms with Gasteiger partial charge in [0.25, 0.3) is 5.91 Å². The van der Waals surface area contributed by atoms with Crippen molar-refractivity contribution in [2.45, 2.75) is 24.2 Å². The Morgan fingerprint density at radius 3 is 2.35 bits per heavy atom. The van der Waals surface area contributed by atoms with E-state index in [-0.39, 0.29) is 10.8 Å². The minimum atomic E-state index is -3.54. The summed E-state index contributed by atoms with van der Waals surface area (Å²) < 4.78 is 32.1. The molecule has 0 aliphatic carbocycles. The number of hydrogen-bond donors (Lipinski definition) is 1. The first kappa shape index (κ1) is 22.9. The monoisotopic (exact) mass is 441 g/mol. The Morgan fingerprint density at radius 2 is 1.77 bits per heavy atom. The van der Waals surface area contributed by atoms with Gasteiger partial charge in [0.1, 0.15) is 0 Å². The molecule has 164 valence electrons. The molecule has 1 aliphatic heterocycles. The van der Waals surface area contributed by atoms with E-state index >= 15 is 0 Å². The molecule has 0 aromatic heterocycles. The summed E-state index contributed by atoms with van der Waals surface area (Å²) in [5.74, 6) is 0.277. The third-order valence-electron chi connectivity index (χ3n) is 5.53. The predicted octanol–water partition coefficient (Wildman–Crippen LogP) is 2.58. The van der Waals surface area contributed by atoms with Gasteiger partial charge in [-0.3, -0.25) is 4.79 Å². The number of nitriles is 1. The van der Waals surface area contributed by atoms with Crippen LogP contribution in [0.25, 0.3) is 0 Å². The smallest absolute Gasteiger partial charge is 0.251 e. The van der Waals surface area contributed by atoms with Gasteiger partial charge in [-0.2, -0.15) is 9.57 Å². The highest BCUT2D eigenvalue weighted by molar-refractivity contribution is 7.89. The number of nitrogens with zero attached hydrogens (tertiary/aromatic N) is 2. The van der Waals surface area contributed by atoms with Gasteiger partial charge in [0, 0.05) is 32.3 Å². The van der Waals surface area contributed by atoms with Crippen LogP contribution in [0.4, 0.5) is 0 Å². The molecular weight excluding hydrogens is 414 g/mol. The van der Waals surface area contributed by atoms with Gasteiger partial charge in [-0.25, -0.2) is 8.42 Å². The van der Waals surface area contributed by atoms with E-state index in [0.29, 0.717) is 43.3 Å². The molecule has 7 nitrogen and oxygen atoms in total. The highest BCUT2D eigenvalue weighted by Gasteiger charge is 2.29. The first-order chi connectivity index (χ1) is 14.9. The summed E-state index contributed by atoms with van der Waals surface area (Å²) in [6.07, 6.45) is 2.43. The molecule has 1 N–H and O–H groups in total. The number of methoxy groups -OCH3 is 1. The van der Waals surface area contributed by atoms with Crippen LogP contribution in [0.15, 0.2) is 53.4 Å². The van der Waals surface area contributed by atoms with Gasteiger partial charge >= 0.3 is 0 Å². The first-order valence-electron chi connectivity index (χ1n) is 10.3. The maximum Gasteiger partial charge on any atom is 0.251 e. The minimum absolute atomic E-state index is 0.120. The third-order valence-corrected chi connectivity index (χ3v) is 7.44. The number of hydrogen-bond acceptors (Lipinski definition) is 5. The van der Waals surface area contributed by atoms with Gasteiger partial charge in [-0.05, 0) is 67.1 Å². The maximum absolute atomic E-state index is 12.8. The van der Waals surface area contributed by atoms with Crippen molar-refractivity contribution in [3.8, 4) is 6.07 Å². The summed E-state index contributed by atoms with van der Waals surface area (Å²) in [6, 6.07) is 15.6. The molecule has 1 aliphatic rings. The Morgan fingerprint density at radius 1 is 1.13 bits per heavy atom.